The number of carbonyl (C=O) groups is 2. The van der Waals surface area contributed by atoms with Gasteiger partial charge in [-0.15, -0.1) is 0 Å². The van der Waals surface area contributed by atoms with E-state index in [1.807, 2.05) is 63.7 Å². The van der Waals surface area contributed by atoms with Gasteiger partial charge in [0.25, 0.3) is 0 Å². The van der Waals surface area contributed by atoms with Crippen molar-refractivity contribution in [3.05, 3.63) is 63.7 Å². The topological polar surface area (TPSA) is 72.8 Å². The van der Waals surface area contributed by atoms with Gasteiger partial charge in [-0.25, -0.2) is 4.79 Å². The number of ketones is 1. The molecule has 5 nitrogen and oxygen atoms in total. The van der Waals surface area contributed by atoms with Crippen LogP contribution in [0.3, 0.4) is 0 Å². The van der Waals surface area contributed by atoms with Gasteiger partial charge in [0.2, 0.25) is 0 Å². The molecule has 0 amide bonds. The summed E-state index contributed by atoms with van der Waals surface area (Å²) in [6.07, 6.45) is 10.1. The van der Waals surface area contributed by atoms with Crippen molar-refractivity contribution < 1.29 is 24.2 Å². The Kier molecular flexibility index (Phi) is 9.88. The van der Waals surface area contributed by atoms with E-state index in [4.69, 9.17) is 9.47 Å². The third kappa shape index (κ3) is 7.88. The zero-order valence-electron chi connectivity index (χ0n) is 23.0. The summed E-state index contributed by atoms with van der Waals surface area (Å²) in [5.41, 5.74) is 3.72. The van der Waals surface area contributed by atoms with E-state index >= 15 is 0 Å². The number of hydrogen-bond acceptors (Lipinski definition) is 5. The number of carboxylic acids is 1. The van der Waals surface area contributed by atoms with E-state index in [1.54, 1.807) is 12.2 Å². The van der Waals surface area contributed by atoms with Crippen molar-refractivity contribution in [2.75, 3.05) is 12.4 Å². The zero-order chi connectivity index (χ0) is 27.2. The SMILES string of the molecule is Cc1cc(C(=O)C=Cc2cc(C)c(OC(C)(C)C(=O)O)c(C)c2)cc(C)c1OCCSC1CCCCC1. The quantitative estimate of drug-likeness (QED) is 0.186. The average molecular weight is 525 g/mol. The molecule has 1 fully saturated rings. The first-order valence-electron chi connectivity index (χ1n) is 13.1. The fraction of sp³-hybridized carbons (Fsp3) is 0.484. The molecule has 1 saturated carbocycles. The zero-order valence-corrected chi connectivity index (χ0v) is 23.8. The molecule has 0 spiro atoms. The number of hydrogen-bond donors (Lipinski definition) is 1. The lowest BCUT2D eigenvalue weighted by Crippen LogP contribution is -2.38. The molecule has 1 N–H and O–H groups in total. The number of aryl methyl sites for hydroxylation is 4. The number of allylic oxidation sites excluding steroid dienone is 1. The fourth-order valence-corrected chi connectivity index (χ4v) is 5.90. The molecule has 0 bridgehead atoms. The highest BCUT2D eigenvalue weighted by Crippen LogP contribution is 2.31. The van der Waals surface area contributed by atoms with Crippen molar-refractivity contribution in [1.29, 1.82) is 0 Å². The Labute approximate surface area is 225 Å². The van der Waals surface area contributed by atoms with Gasteiger partial charge in [-0.2, -0.15) is 11.8 Å². The largest absolute Gasteiger partial charge is 0.492 e. The molecule has 0 heterocycles. The summed E-state index contributed by atoms with van der Waals surface area (Å²) in [6.45, 7) is 11.5. The second-order valence-corrected chi connectivity index (χ2v) is 11.9. The highest BCUT2D eigenvalue weighted by atomic mass is 32.2. The molecule has 2 aromatic rings. The Morgan fingerprint density at radius 3 is 2.08 bits per heavy atom. The summed E-state index contributed by atoms with van der Waals surface area (Å²) in [5.74, 6) is 1.31. The van der Waals surface area contributed by atoms with E-state index < -0.39 is 11.6 Å². The number of benzene rings is 2. The van der Waals surface area contributed by atoms with E-state index in [9.17, 15) is 14.7 Å². The molecule has 200 valence electrons. The smallest absolute Gasteiger partial charge is 0.347 e. The first kappa shape index (κ1) is 28.8. The van der Waals surface area contributed by atoms with Crippen LogP contribution >= 0.6 is 11.8 Å². The first-order chi connectivity index (χ1) is 17.5. The van der Waals surface area contributed by atoms with Gasteiger partial charge in [0.05, 0.1) is 6.61 Å². The molecule has 37 heavy (non-hydrogen) atoms. The minimum absolute atomic E-state index is 0.0757. The second-order valence-electron chi connectivity index (χ2n) is 10.5. The van der Waals surface area contributed by atoms with Gasteiger partial charge in [-0.3, -0.25) is 4.79 Å². The number of carboxylic acid groups (broad SMARTS) is 1. The monoisotopic (exact) mass is 524 g/mol. The molecule has 0 aromatic heterocycles. The Morgan fingerprint density at radius 2 is 1.51 bits per heavy atom. The molecule has 0 saturated heterocycles. The van der Waals surface area contributed by atoms with Gasteiger partial charge in [-0.05, 0) is 113 Å². The van der Waals surface area contributed by atoms with E-state index in [0.29, 0.717) is 17.9 Å². The number of carbonyl (C=O) groups excluding carboxylic acids is 1. The number of thioether (sulfide) groups is 1. The molecule has 0 aliphatic heterocycles. The third-order valence-corrected chi connectivity index (χ3v) is 8.11. The molecule has 1 aliphatic carbocycles. The van der Waals surface area contributed by atoms with Crippen molar-refractivity contribution in [3.63, 3.8) is 0 Å². The molecule has 0 unspecified atom stereocenters. The van der Waals surface area contributed by atoms with Crippen LogP contribution in [0.25, 0.3) is 6.08 Å². The van der Waals surface area contributed by atoms with Gasteiger partial charge in [0.15, 0.2) is 11.4 Å². The van der Waals surface area contributed by atoms with Gasteiger partial charge >= 0.3 is 5.97 Å². The lowest BCUT2D eigenvalue weighted by atomic mass is 10.0. The molecule has 0 radical (unpaired) electrons. The van der Waals surface area contributed by atoms with E-state index in [0.717, 1.165) is 44.6 Å². The molecular formula is C31H40O5S. The molecular weight excluding hydrogens is 484 g/mol. The van der Waals surface area contributed by atoms with E-state index in [-0.39, 0.29) is 5.78 Å². The minimum Gasteiger partial charge on any atom is -0.492 e. The molecule has 0 atom stereocenters. The summed E-state index contributed by atoms with van der Waals surface area (Å²) in [4.78, 5) is 24.4. The Balaban J connectivity index is 1.63. The summed E-state index contributed by atoms with van der Waals surface area (Å²) >= 11 is 2.03. The lowest BCUT2D eigenvalue weighted by Gasteiger charge is -2.24. The van der Waals surface area contributed by atoms with Gasteiger partial charge in [0.1, 0.15) is 11.5 Å². The van der Waals surface area contributed by atoms with Gasteiger partial charge < -0.3 is 14.6 Å². The molecule has 1 aliphatic rings. The Bertz CT molecular complexity index is 1110. The number of rotatable bonds is 11. The minimum atomic E-state index is -1.33. The van der Waals surface area contributed by atoms with Crippen LogP contribution in [0.1, 0.15) is 84.1 Å². The van der Waals surface area contributed by atoms with Gasteiger partial charge in [0, 0.05) is 16.6 Å². The predicted molar refractivity (Wildman–Crippen MR) is 152 cm³/mol. The van der Waals surface area contributed by atoms with Crippen LogP contribution in [0.2, 0.25) is 0 Å². The first-order valence-corrected chi connectivity index (χ1v) is 14.1. The van der Waals surface area contributed by atoms with Crippen LogP contribution in [0.4, 0.5) is 0 Å². The second kappa shape index (κ2) is 12.7. The number of ether oxygens (including phenoxy) is 2. The maximum absolute atomic E-state index is 12.9. The van der Waals surface area contributed by atoms with Crippen LogP contribution in [0.5, 0.6) is 11.5 Å². The van der Waals surface area contributed by atoms with Crippen molar-refractivity contribution in [1.82, 2.24) is 0 Å². The predicted octanol–water partition coefficient (Wildman–Crippen LogP) is 7.50. The standard InChI is InChI=1S/C31H40O5S/c1-20-16-24(17-21(2)29(20)36-31(5,6)30(33)34)12-13-27(32)25-18-22(3)28(23(4)19-25)35-14-15-37-26-10-8-7-9-11-26/h12-13,16-19,26H,7-11,14-15H2,1-6H3,(H,33,34). The average Bonchev–Trinajstić information content (AvgIpc) is 2.84. The van der Waals surface area contributed by atoms with Gasteiger partial charge in [-0.1, -0.05) is 25.3 Å². The summed E-state index contributed by atoms with van der Waals surface area (Å²) in [6, 6.07) is 7.57. The van der Waals surface area contributed by atoms with Crippen molar-refractivity contribution in [3.8, 4) is 11.5 Å². The lowest BCUT2D eigenvalue weighted by molar-refractivity contribution is -0.152. The Hall–Kier alpha value is -2.73. The molecule has 6 heteroatoms. The molecule has 3 rings (SSSR count). The highest BCUT2D eigenvalue weighted by molar-refractivity contribution is 7.99. The highest BCUT2D eigenvalue weighted by Gasteiger charge is 2.30. The van der Waals surface area contributed by atoms with Crippen LogP contribution in [0, 0.1) is 27.7 Å². The van der Waals surface area contributed by atoms with E-state index in [2.05, 4.69) is 0 Å². The van der Waals surface area contributed by atoms with Crippen molar-refractivity contribution >= 4 is 29.6 Å². The fourth-order valence-electron chi connectivity index (χ4n) is 4.72. The summed E-state index contributed by atoms with van der Waals surface area (Å²) < 4.78 is 11.9. The third-order valence-electron chi connectivity index (χ3n) is 6.76. The van der Waals surface area contributed by atoms with Crippen LogP contribution in [-0.2, 0) is 4.79 Å². The van der Waals surface area contributed by atoms with Crippen molar-refractivity contribution in [2.45, 2.75) is 84.5 Å². The maximum Gasteiger partial charge on any atom is 0.347 e. The summed E-state index contributed by atoms with van der Waals surface area (Å²) in [5, 5.41) is 10.1. The maximum atomic E-state index is 12.9. The normalized spacial score (nSPS) is 14.6. The van der Waals surface area contributed by atoms with Crippen LogP contribution in [-0.4, -0.2) is 40.1 Å². The van der Waals surface area contributed by atoms with Crippen molar-refractivity contribution in [2.24, 2.45) is 0 Å². The summed E-state index contributed by atoms with van der Waals surface area (Å²) in [7, 11) is 0. The van der Waals surface area contributed by atoms with Crippen LogP contribution in [0.15, 0.2) is 30.3 Å². The van der Waals surface area contributed by atoms with E-state index in [1.165, 1.54) is 46.0 Å². The molecule has 2 aromatic carbocycles. The van der Waals surface area contributed by atoms with Crippen LogP contribution < -0.4 is 9.47 Å². The number of aliphatic carboxylic acids is 1. The Morgan fingerprint density at radius 1 is 0.946 bits per heavy atom.